The molecule has 7 heteroatoms. The summed E-state index contributed by atoms with van der Waals surface area (Å²) in [5, 5.41) is 8.98. The maximum Gasteiger partial charge on any atom is 0.335 e. The fourth-order valence-corrected chi connectivity index (χ4v) is 3.03. The van der Waals surface area contributed by atoms with Gasteiger partial charge >= 0.3 is 5.97 Å². The summed E-state index contributed by atoms with van der Waals surface area (Å²) in [6, 6.07) is 8.36. The average Bonchev–Trinajstić information content (AvgIpc) is 2.46. The van der Waals surface area contributed by atoms with Crippen LogP contribution >= 0.6 is 31.9 Å². The number of aromatic nitrogens is 1. The number of carboxylic acids is 1. The molecule has 0 saturated carbocycles. The average molecular weight is 417 g/mol. The molecule has 0 aliphatic carbocycles. The van der Waals surface area contributed by atoms with E-state index in [1.54, 1.807) is 13.2 Å². The smallest absolute Gasteiger partial charge is 0.335 e. The zero-order valence-corrected chi connectivity index (χ0v) is 14.1. The van der Waals surface area contributed by atoms with Crippen LogP contribution in [0.4, 0.5) is 0 Å². The second kappa shape index (κ2) is 6.91. The van der Waals surface area contributed by atoms with Crippen molar-refractivity contribution in [3.8, 4) is 11.6 Å². The molecule has 1 aromatic heterocycles. The fraction of sp³-hybridized carbons (Fsp3) is 0.143. The van der Waals surface area contributed by atoms with Crippen LogP contribution in [0, 0.1) is 0 Å². The summed E-state index contributed by atoms with van der Waals surface area (Å²) in [5.74, 6) is 0.0255. The number of ether oxygens (including phenoxy) is 2. The molecule has 5 nitrogen and oxygen atoms in total. The molecule has 0 radical (unpaired) electrons. The van der Waals surface area contributed by atoms with Crippen molar-refractivity contribution in [2.75, 3.05) is 7.11 Å². The summed E-state index contributed by atoms with van der Waals surface area (Å²) < 4.78 is 11.8. The molecule has 0 fully saturated rings. The highest BCUT2D eigenvalue weighted by molar-refractivity contribution is 9.11. The molecule has 1 N–H and O–H groups in total. The number of aromatic carboxylic acids is 1. The van der Waals surface area contributed by atoms with E-state index in [9.17, 15) is 4.79 Å². The zero-order valence-electron chi connectivity index (χ0n) is 11.0. The summed E-state index contributed by atoms with van der Waals surface area (Å²) in [7, 11) is 1.55. The van der Waals surface area contributed by atoms with Crippen LogP contribution in [0.25, 0.3) is 0 Å². The summed E-state index contributed by atoms with van der Waals surface area (Å²) in [6.07, 6.45) is 0. The second-order valence-corrected chi connectivity index (χ2v) is 5.74. The van der Waals surface area contributed by atoms with Gasteiger partial charge in [-0.2, -0.15) is 0 Å². The molecular weight excluding hydrogens is 406 g/mol. The molecule has 0 amide bonds. The minimum Gasteiger partial charge on any atom is -0.485 e. The van der Waals surface area contributed by atoms with Gasteiger partial charge in [0.1, 0.15) is 12.4 Å². The Morgan fingerprint density at radius 3 is 2.52 bits per heavy atom. The van der Waals surface area contributed by atoms with Gasteiger partial charge in [-0.3, -0.25) is 0 Å². The molecule has 0 unspecified atom stereocenters. The first-order valence-corrected chi connectivity index (χ1v) is 7.45. The topological polar surface area (TPSA) is 68.7 Å². The predicted molar refractivity (Wildman–Crippen MR) is 83.9 cm³/mol. The van der Waals surface area contributed by atoms with Crippen molar-refractivity contribution in [2.24, 2.45) is 0 Å². The maximum atomic E-state index is 11.0. The minimum atomic E-state index is -1.00. The highest BCUT2D eigenvalue weighted by Crippen LogP contribution is 2.35. The number of carbonyl (C=O) groups is 1. The lowest BCUT2D eigenvalue weighted by molar-refractivity contribution is 0.0696. The number of methoxy groups -OCH3 is 1. The number of halogens is 2. The van der Waals surface area contributed by atoms with E-state index < -0.39 is 5.97 Å². The highest BCUT2D eigenvalue weighted by Gasteiger charge is 2.13. The first kappa shape index (κ1) is 15.8. The molecule has 21 heavy (non-hydrogen) atoms. The Bertz CT molecular complexity index is 653. The van der Waals surface area contributed by atoms with Crippen molar-refractivity contribution < 1.29 is 19.4 Å². The van der Waals surface area contributed by atoms with Gasteiger partial charge in [-0.05, 0) is 50.1 Å². The Morgan fingerprint density at radius 2 is 1.95 bits per heavy atom. The van der Waals surface area contributed by atoms with Crippen LogP contribution in [0.3, 0.4) is 0 Å². The zero-order chi connectivity index (χ0) is 15.4. The van der Waals surface area contributed by atoms with Crippen LogP contribution in [-0.2, 0) is 6.61 Å². The normalized spacial score (nSPS) is 10.2. The number of hydrogen-bond donors (Lipinski definition) is 1. The number of nitrogens with zero attached hydrogens (tertiary/aromatic N) is 1. The van der Waals surface area contributed by atoms with E-state index in [0.29, 0.717) is 26.3 Å². The predicted octanol–water partition coefficient (Wildman–Crippen LogP) is 3.89. The largest absolute Gasteiger partial charge is 0.485 e. The Hall–Kier alpha value is -1.60. The number of rotatable bonds is 5. The van der Waals surface area contributed by atoms with E-state index in [1.165, 1.54) is 12.1 Å². The molecule has 0 spiro atoms. The van der Waals surface area contributed by atoms with Crippen LogP contribution in [0.5, 0.6) is 11.6 Å². The van der Waals surface area contributed by atoms with E-state index in [4.69, 9.17) is 14.6 Å². The summed E-state index contributed by atoms with van der Waals surface area (Å²) >= 11 is 6.61. The lowest BCUT2D eigenvalue weighted by Crippen LogP contribution is -2.02. The van der Waals surface area contributed by atoms with Crippen molar-refractivity contribution in [3.63, 3.8) is 0 Å². The third kappa shape index (κ3) is 3.95. The SMILES string of the molecule is COc1cccc(COc2c(Br)cc(C(=O)O)cc2Br)n1. The van der Waals surface area contributed by atoms with E-state index in [2.05, 4.69) is 36.8 Å². The molecule has 110 valence electrons. The fourth-order valence-electron chi connectivity index (χ4n) is 1.62. The summed E-state index contributed by atoms with van der Waals surface area (Å²) in [4.78, 5) is 15.2. The molecule has 2 rings (SSSR count). The van der Waals surface area contributed by atoms with Gasteiger partial charge in [-0.25, -0.2) is 9.78 Å². The van der Waals surface area contributed by atoms with Crippen LogP contribution in [0.1, 0.15) is 16.1 Å². The standard InChI is InChI=1S/C14H11Br2NO4/c1-20-12-4-2-3-9(17-12)7-21-13-10(15)5-8(14(18)19)6-11(13)16/h2-6H,7H2,1H3,(H,18,19). The number of hydrogen-bond acceptors (Lipinski definition) is 4. The molecule has 1 heterocycles. The minimum absolute atomic E-state index is 0.167. The summed E-state index contributed by atoms with van der Waals surface area (Å²) in [5.41, 5.74) is 0.871. The monoisotopic (exact) mass is 415 g/mol. The second-order valence-electron chi connectivity index (χ2n) is 4.03. The van der Waals surface area contributed by atoms with Gasteiger partial charge < -0.3 is 14.6 Å². The Labute approximate surface area is 138 Å². The maximum absolute atomic E-state index is 11.0. The molecular formula is C14H11Br2NO4. The van der Waals surface area contributed by atoms with Crippen LogP contribution in [0.2, 0.25) is 0 Å². The van der Waals surface area contributed by atoms with E-state index in [0.717, 1.165) is 0 Å². The van der Waals surface area contributed by atoms with E-state index in [1.807, 2.05) is 12.1 Å². The van der Waals surface area contributed by atoms with Gasteiger partial charge in [0.05, 0.1) is 27.3 Å². The Balaban J connectivity index is 2.18. The Kier molecular flexibility index (Phi) is 5.19. The molecule has 0 bridgehead atoms. The third-order valence-corrected chi connectivity index (χ3v) is 3.78. The van der Waals surface area contributed by atoms with Crippen LogP contribution in [0.15, 0.2) is 39.3 Å². The number of carboxylic acid groups (broad SMARTS) is 1. The number of benzene rings is 1. The van der Waals surface area contributed by atoms with Crippen molar-refractivity contribution in [1.82, 2.24) is 4.98 Å². The molecule has 0 saturated heterocycles. The lowest BCUT2D eigenvalue weighted by atomic mass is 10.2. The first-order valence-electron chi connectivity index (χ1n) is 5.86. The summed E-state index contributed by atoms with van der Waals surface area (Å²) in [6.45, 7) is 0.237. The van der Waals surface area contributed by atoms with Gasteiger partial charge in [0, 0.05) is 6.07 Å². The van der Waals surface area contributed by atoms with Crippen LogP contribution in [-0.4, -0.2) is 23.2 Å². The highest BCUT2D eigenvalue weighted by atomic mass is 79.9. The van der Waals surface area contributed by atoms with Crippen molar-refractivity contribution in [3.05, 3.63) is 50.5 Å². The van der Waals surface area contributed by atoms with Gasteiger partial charge in [0.2, 0.25) is 5.88 Å². The molecule has 1 aromatic carbocycles. The molecule has 0 aliphatic heterocycles. The van der Waals surface area contributed by atoms with Gasteiger partial charge in [-0.1, -0.05) is 6.07 Å². The van der Waals surface area contributed by atoms with E-state index >= 15 is 0 Å². The van der Waals surface area contributed by atoms with Crippen molar-refractivity contribution in [1.29, 1.82) is 0 Å². The van der Waals surface area contributed by atoms with E-state index in [-0.39, 0.29) is 12.2 Å². The van der Waals surface area contributed by atoms with Crippen molar-refractivity contribution >= 4 is 37.8 Å². The van der Waals surface area contributed by atoms with Gasteiger partial charge in [0.25, 0.3) is 0 Å². The molecule has 2 aromatic rings. The third-order valence-electron chi connectivity index (χ3n) is 2.60. The Morgan fingerprint density at radius 1 is 1.29 bits per heavy atom. The lowest BCUT2D eigenvalue weighted by Gasteiger charge is -2.11. The van der Waals surface area contributed by atoms with Crippen LogP contribution < -0.4 is 9.47 Å². The number of pyridine rings is 1. The van der Waals surface area contributed by atoms with Gasteiger partial charge in [0.15, 0.2) is 0 Å². The molecule has 0 atom stereocenters. The molecule has 0 aliphatic rings. The van der Waals surface area contributed by atoms with Gasteiger partial charge in [-0.15, -0.1) is 0 Å². The quantitative estimate of drug-likeness (QED) is 0.800. The van der Waals surface area contributed by atoms with Crippen molar-refractivity contribution in [2.45, 2.75) is 6.61 Å². The first-order chi connectivity index (χ1) is 10.0.